The first-order valence-electron chi connectivity index (χ1n) is 8.91. The number of piperazine rings is 1. The van der Waals surface area contributed by atoms with Crippen molar-refractivity contribution in [3.8, 4) is 11.5 Å². The minimum absolute atomic E-state index is 0.0437. The standard InChI is InChI=1S/C19H28N2O5/c1-14(15-7-8-16(25-2)17(13-15)26-3)20-9-11-21(12-10-20)18(22)5-4-6-19(23)24/h7-8,13-14H,4-6,9-12H2,1-3H3,(H,23,24). The summed E-state index contributed by atoms with van der Waals surface area (Å²) in [5, 5.41) is 8.66. The van der Waals surface area contributed by atoms with Crippen molar-refractivity contribution < 1.29 is 24.2 Å². The second-order valence-electron chi connectivity index (χ2n) is 6.45. The molecule has 2 rings (SSSR count). The Morgan fingerprint density at radius 3 is 2.31 bits per heavy atom. The van der Waals surface area contributed by atoms with Gasteiger partial charge in [-0.05, 0) is 31.0 Å². The summed E-state index contributed by atoms with van der Waals surface area (Å²) in [6, 6.07) is 6.15. The summed E-state index contributed by atoms with van der Waals surface area (Å²) >= 11 is 0. The van der Waals surface area contributed by atoms with Crippen LogP contribution in [0.3, 0.4) is 0 Å². The van der Waals surface area contributed by atoms with Crippen molar-refractivity contribution in [2.75, 3.05) is 40.4 Å². The van der Waals surface area contributed by atoms with E-state index < -0.39 is 5.97 Å². The molecule has 0 saturated carbocycles. The van der Waals surface area contributed by atoms with Gasteiger partial charge in [0.2, 0.25) is 5.91 Å². The number of hydrogen-bond acceptors (Lipinski definition) is 5. The Labute approximate surface area is 154 Å². The van der Waals surface area contributed by atoms with E-state index in [9.17, 15) is 9.59 Å². The molecule has 7 nitrogen and oxygen atoms in total. The average Bonchev–Trinajstić information content (AvgIpc) is 2.66. The second kappa shape index (κ2) is 9.43. The molecular weight excluding hydrogens is 336 g/mol. The van der Waals surface area contributed by atoms with Gasteiger partial charge < -0.3 is 19.5 Å². The highest BCUT2D eigenvalue weighted by Crippen LogP contribution is 2.32. The van der Waals surface area contributed by atoms with Crippen molar-refractivity contribution >= 4 is 11.9 Å². The number of benzene rings is 1. The van der Waals surface area contributed by atoms with Crippen molar-refractivity contribution in [3.63, 3.8) is 0 Å². The van der Waals surface area contributed by atoms with Gasteiger partial charge in [-0.1, -0.05) is 6.07 Å². The van der Waals surface area contributed by atoms with Crippen LogP contribution >= 0.6 is 0 Å². The van der Waals surface area contributed by atoms with Gasteiger partial charge >= 0.3 is 5.97 Å². The molecule has 1 N–H and O–H groups in total. The number of carbonyl (C=O) groups excluding carboxylic acids is 1. The largest absolute Gasteiger partial charge is 0.493 e. The van der Waals surface area contributed by atoms with E-state index in [-0.39, 0.29) is 18.4 Å². The quantitative estimate of drug-likeness (QED) is 0.762. The van der Waals surface area contributed by atoms with E-state index in [1.165, 1.54) is 0 Å². The summed E-state index contributed by atoms with van der Waals surface area (Å²) in [5.74, 6) is 0.611. The van der Waals surface area contributed by atoms with Gasteiger partial charge in [-0.15, -0.1) is 0 Å². The predicted octanol–water partition coefficient (Wildman–Crippen LogP) is 2.16. The Kier molecular flexibility index (Phi) is 7.26. The van der Waals surface area contributed by atoms with Gasteiger partial charge in [0.05, 0.1) is 14.2 Å². The van der Waals surface area contributed by atoms with Gasteiger partial charge in [-0.3, -0.25) is 14.5 Å². The average molecular weight is 364 g/mol. The molecular formula is C19H28N2O5. The number of ether oxygens (including phenoxy) is 2. The molecule has 0 spiro atoms. The number of carboxylic acid groups (broad SMARTS) is 1. The van der Waals surface area contributed by atoms with Crippen LogP contribution in [0.5, 0.6) is 11.5 Å². The predicted molar refractivity (Wildman–Crippen MR) is 97.6 cm³/mol. The molecule has 144 valence electrons. The van der Waals surface area contributed by atoms with Crippen molar-refractivity contribution in [2.24, 2.45) is 0 Å². The van der Waals surface area contributed by atoms with E-state index in [4.69, 9.17) is 14.6 Å². The topological polar surface area (TPSA) is 79.3 Å². The normalized spacial score (nSPS) is 16.2. The Morgan fingerprint density at radius 1 is 1.08 bits per heavy atom. The smallest absolute Gasteiger partial charge is 0.303 e. The van der Waals surface area contributed by atoms with Crippen LogP contribution < -0.4 is 9.47 Å². The van der Waals surface area contributed by atoms with Crippen molar-refractivity contribution in [1.82, 2.24) is 9.80 Å². The fourth-order valence-corrected chi connectivity index (χ4v) is 3.23. The highest BCUT2D eigenvalue weighted by Gasteiger charge is 2.25. The number of rotatable bonds is 8. The third-order valence-corrected chi connectivity index (χ3v) is 4.89. The third kappa shape index (κ3) is 5.11. The van der Waals surface area contributed by atoms with Crippen molar-refractivity contribution in [2.45, 2.75) is 32.2 Å². The van der Waals surface area contributed by atoms with Crippen molar-refractivity contribution in [1.29, 1.82) is 0 Å². The third-order valence-electron chi connectivity index (χ3n) is 4.89. The number of aliphatic carboxylic acids is 1. The van der Waals surface area contributed by atoms with Crippen molar-refractivity contribution in [3.05, 3.63) is 23.8 Å². The lowest BCUT2D eigenvalue weighted by molar-refractivity contribution is -0.137. The fourth-order valence-electron chi connectivity index (χ4n) is 3.23. The summed E-state index contributed by atoms with van der Waals surface area (Å²) in [6.07, 6.45) is 0.746. The van der Waals surface area contributed by atoms with Crippen LogP contribution in [0.15, 0.2) is 18.2 Å². The van der Waals surface area contributed by atoms with E-state index in [1.54, 1.807) is 14.2 Å². The van der Waals surface area contributed by atoms with E-state index in [0.717, 1.165) is 18.7 Å². The number of hydrogen-bond donors (Lipinski definition) is 1. The monoisotopic (exact) mass is 364 g/mol. The molecule has 1 atom stereocenters. The van der Waals surface area contributed by atoms with Crippen LogP contribution in [0.2, 0.25) is 0 Å². The maximum Gasteiger partial charge on any atom is 0.303 e. The SMILES string of the molecule is COc1ccc(C(C)N2CCN(C(=O)CCCC(=O)O)CC2)cc1OC. The molecule has 1 aliphatic heterocycles. The van der Waals surface area contributed by atoms with Crippen LogP contribution in [-0.2, 0) is 9.59 Å². The van der Waals surface area contributed by atoms with Gasteiger partial charge in [0.25, 0.3) is 0 Å². The van der Waals surface area contributed by atoms with Crippen LogP contribution in [0.25, 0.3) is 0 Å². The lowest BCUT2D eigenvalue weighted by atomic mass is 10.0. The van der Waals surface area contributed by atoms with Crippen LogP contribution in [0, 0.1) is 0 Å². The molecule has 26 heavy (non-hydrogen) atoms. The van der Waals surface area contributed by atoms with Crippen LogP contribution in [0.1, 0.15) is 37.8 Å². The molecule has 1 aromatic rings. The maximum atomic E-state index is 12.2. The Balaban J connectivity index is 1.89. The Hall–Kier alpha value is -2.28. The minimum Gasteiger partial charge on any atom is -0.493 e. The van der Waals surface area contributed by atoms with Crippen LogP contribution in [-0.4, -0.2) is 67.2 Å². The maximum absolute atomic E-state index is 12.2. The van der Waals surface area contributed by atoms with E-state index in [2.05, 4.69) is 11.8 Å². The molecule has 0 radical (unpaired) electrons. The van der Waals surface area contributed by atoms with E-state index in [1.807, 2.05) is 23.1 Å². The number of nitrogens with zero attached hydrogens (tertiary/aromatic N) is 2. The fraction of sp³-hybridized carbons (Fsp3) is 0.579. The number of carbonyl (C=O) groups is 2. The second-order valence-corrected chi connectivity index (χ2v) is 6.45. The summed E-state index contributed by atoms with van der Waals surface area (Å²) in [6.45, 7) is 5.07. The molecule has 1 saturated heterocycles. The number of carboxylic acids is 1. The highest BCUT2D eigenvalue weighted by molar-refractivity contribution is 5.77. The summed E-state index contributed by atoms with van der Waals surface area (Å²) in [5.41, 5.74) is 1.14. The van der Waals surface area contributed by atoms with Gasteiger partial charge in [-0.25, -0.2) is 0 Å². The van der Waals surface area contributed by atoms with Gasteiger partial charge in [0.15, 0.2) is 11.5 Å². The van der Waals surface area contributed by atoms with Crippen LogP contribution in [0.4, 0.5) is 0 Å². The first-order valence-corrected chi connectivity index (χ1v) is 8.91. The molecule has 1 aromatic carbocycles. The molecule has 1 unspecified atom stereocenters. The van der Waals surface area contributed by atoms with Gasteiger partial charge in [-0.2, -0.15) is 0 Å². The molecule has 1 amide bonds. The molecule has 1 fully saturated rings. The zero-order valence-electron chi connectivity index (χ0n) is 15.7. The van der Waals surface area contributed by atoms with E-state index in [0.29, 0.717) is 37.4 Å². The van der Waals surface area contributed by atoms with Gasteiger partial charge in [0.1, 0.15) is 0 Å². The zero-order chi connectivity index (χ0) is 19.1. The number of amides is 1. The molecule has 0 bridgehead atoms. The summed E-state index contributed by atoms with van der Waals surface area (Å²) in [7, 11) is 3.24. The van der Waals surface area contributed by atoms with E-state index >= 15 is 0 Å². The summed E-state index contributed by atoms with van der Waals surface area (Å²) in [4.78, 5) is 26.9. The van der Waals surface area contributed by atoms with Gasteiger partial charge in [0, 0.05) is 45.1 Å². The molecule has 1 aliphatic rings. The lowest BCUT2D eigenvalue weighted by Crippen LogP contribution is -2.49. The first-order chi connectivity index (χ1) is 12.5. The first kappa shape index (κ1) is 20.0. The minimum atomic E-state index is -0.855. The number of methoxy groups -OCH3 is 2. The molecule has 0 aliphatic carbocycles. The molecule has 1 heterocycles. The lowest BCUT2D eigenvalue weighted by Gasteiger charge is -2.38. The summed E-state index contributed by atoms with van der Waals surface area (Å²) < 4.78 is 10.7. The zero-order valence-corrected chi connectivity index (χ0v) is 15.7. The Morgan fingerprint density at radius 2 is 1.73 bits per heavy atom. The highest BCUT2D eigenvalue weighted by atomic mass is 16.5. The Bertz CT molecular complexity index is 626. The molecule has 0 aromatic heterocycles. The molecule has 7 heteroatoms.